The molecule has 4 aromatic heterocycles. The van der Waals surface area contributed by atoms with Gasteiger partial charge in [-0.05, 0) is 111 Å². The Labute approximate surface area is 411 Å². The number of carbonyl (C=O) groups is 5. The molecule has 18 heteroatoms. The second-order valence-electron chi connectivity index (χ2n) is 20.9. The molecule has 18 nitrogen and oxygen atoms in total. The Hall–Kier alpha value is -7.18. The van der Waals surface area contributed by atoms with Gasteiger partial charge in [-0.25, -0.2) is 9.97 Å². The van der Waals surface area contributed by atoms with Gasteiger partial charge in [0.2, 0.25) is 11.8 Å². The summed E-state index contributed by atoms with van der Waals surface area (Å²) in [4.78, 5) is 97.9. The zero-order valence-corrected chi connectivity index (χ0v) is 40.8. The SMILES string of the molecule is CC(O)c1c(-c2cc(Nc3ccc(N4CCN(C5CCN(c6ccc7c(c6)C(=O)N(C6CCC(=O)NC6=O)C7=O)CC5)C[C@@H]4C)cn3)c(=O)n(C)c2)ccnc1N1CCn2c(cc3c2CC(C)(C)C3)C1=O. The van der Waals surface area contributed by atoms with Crippen LogP contribution in [-0.4, -0.2) is 121 Å². The number of carbonyl (C=O) groups excluding carboxylic acids is 5. The number of benzene rings is 1. The van der Waals surface area contributed by atoms with E-state index in [1.807, 2.05) is 36.5 Å². The van der Waals surface area contributed by atoms with Gasteiger partial charge >= 0.3 is 0 Å². The van der Waals surface area contributed by atoms with Crippen LogP contribution in [0.4, 0.5) is 28.7 Å². The number of imide groups is 2. The lowest BCUT2D eigenvalue weighted by Gasteiger charge is -2.46. The lowest BCUT2D eigenvalue weighted by atomic mass is 9.90. The van der Waals surface area contributed by atoms with E-state index >= 15 is 0 Å². The summed E-state index contributed by atoms with van der Waals surface area (Å²) in [6.07, 6.45) is 8.21. The molecule has 1 aliphatic carbocycles. The minimum atomic E-state index is -0.993. The van der Waals surface area contributed by atoms with Crippen LogP contribution in [0, 0.1) is 5.41 Å². The Morgan fingerprint density at radius 2 is 1.59 bits per heavy atom. The Bertz CT molecular complexity index is 3100. The number of aliphatic hydroxyl groups is 1. The van der Waals surface area contributed by atoms with Gasteiger partial charge in [-0.15, -0.1) is 0 Å². The molecule has 5 aromatic rings. The standard InChI is InChI=1S/C53H59N11O7/c1-30-28-60(34-13-16-59(17-14-34)35-6-8-38-39(24-35)50(69)64(49(38)68)41-9-11-45(66)57-48(41)67)18-19-61(30)36-7-10-44(55-27-36)56-40-22-33(29-58(5)51(40)70)37-12-15-54-47(46(37)31(2)65)63-21-20-62-42(52(63)71)23-32-25-53(3,4)26-43(32)62/h6-8,10,12,15,22-24,27,29-31,34,41,65H,9,11,13-14,16-21,25-26,28H2,1-5H3,(H,55,56)(H,57,66,67)/t30-,31?,41?/m0/s1. The number of nitrogens with zero attached hydrogens (tertiary/aromatic N) is 9. The Kier molecular flexibility index (Phi) is 11.5. The molecule has 71 heavy (non-hydrogen) atoms. The molecule has 0 spiro atoms. The normalized spacial score (nSPS) is 21.9. The van der Waals surface area contributed by atoms with E-state index in [-0.39, 0.29) is 41.3 Å². The van der Waals surface area contributed by atoms with E-state index in [1.165, 1.54) is 15.8 Å². The molecule has 3 N–H and O–H groups in total. The summed E-state index contributed by atoms with van der Waals surface area (Å²) >= 11 is 0. The predicted octanol–water partition coefficient (Wildman–Crippen LogP) is 4.81. The number of aryl methyl sites for hydroxylation is 1. The van der Waals surface area contributed by atoms with Gasteiger partial charge < -0.3 is 29.4 Å². The van der Waals surface area contributed by atoms with Crippen molar-refractivity contribution in [3.8, 4) is 11.1 Å². The van der Waals surface area contributed by atoms with E-state index in [0.717, 1.165) is 74.7 Å². The number of piperazine rings is 1. The number of piperidine rings is 2. The van der Waals surface area contributed by atoms with Crippen molar-refractivity contribution in [3.05, 3.63) is 111 Å². The second kappa shape index (κ2) is 17.6. The summed E-state index contributed by atoms with van der Waals surface area (Å²) in [5, 5.41) is 16.8. The molecule has 368 valence electrons. The van der Waals surface area contributed by atoms with E-state index in [4.69, 9.17) is 4.98 Å². The van der Waals surface area contributed by atoms with Crippen molar-refractivity contribution in [2.75, 3.05) is 59.3 Å². The number of hydrogen-bond donors (Lipinski definition) is 3. The van der Waals surface area contributed by atoms with Gasteiger partial charge in [-0.3, -0.25) is 48.8 Å². The van der Waals surface area contributed by atoms with Crippen LogP contribution >= 0.6 is 0 Å². The molecule has 3 atom stereocenters. The first-order chi connectivity index (χ1) is 34.0. The lowest BCUT2D eigenvalue weighted by molar-refractivity contribution is -0.136. The van der Waals surface area contributed by atoms with Gasteiger partial charge in [0.15, 0.2) is 0 Å². The maximum atomic E-state index is 14.1. The maximum Gasteiger partial charge on any atom is 0.276 e. The number of anilines is 5. The third-order valence-corrected chi connectivity index (χ3v) is 15.5. The molecule has 3 saturated heterocycles. The Morgan fingerprint density at radius 3 is 2.32 bits per heavy atom. The second-order valence-corrected chi connectivity index (χ2v) is 20.9. The average Bonchev–Trinajstić information content (AvgIpc) is 3.94. The van der Waals surface area contributed by atoms with Crippen LogP contribution < -0.4 is 30.9 Å². The van der Waals surface area contributed by atoms with Crippen molar-refractivity contribution in [2.24, 2.45) is 12.5 Å². The summed E-state index contributed by atoms with van der Waals surface area (Å²) in [5.74, 6) is -1.24. The van der Waals surface area contributed by atoms with E-state index in [1.54, 1.807) is 49.5 Å². The lowest BCUT2D eigenvalue weighted by Crippen LogP contribution is -2.57. The van der Waals surface area contributed by atoms with Crippen LogP contribution in [0.25, 0.3) is 11.1 Å². The fourth-order valence-electron chi connectivity index (χ4n) is 12.0. The molecule has 6 aliphatic rings. The smallest absolute Gasteiger partial charge is 0.276 e. The minimum absolute atomic E-state index is 0.0777. The van der Waals surface area contributed by atoms with Crippen LogP contribution in [-0.2, 0) is 36.0 Å². The minimum Gasteiger partial charge on any atom is -0.389 e. The molecule has 1 aromatic carbocycles. The fraction of sp³-hybridized carbons (Fsp3) is 0.434. The molecule has 5 aliphatic heterocycles. The molecule has 3 fully saturated rings. The molecule has 9 heterocycles. The molecule has 11 rings (SSSR count). The van der Waals surface area contributed by atoms with Gasteiger partial charge in [0.05, 0.1) is 29.1 Å². The van der Waals surface area contributed by atoms with Gasteiger partial charge in [0.25, 0.3) is 23.3 Å². The molecule has 2 unspecified atom stereocenters. The summed E-state index contributed by atoms with van der Waals surface area (Å²) in [5.41, 5.74) is 7.64. The Morgan fingerprint density at radius 1 is 0.817 bits per heavy atom. The Balaban J connectivity index is 0.726. The molecule has 0 saturated carbocycles. The number of fused-ring (bicyclic) bond motifs is 4. The number of pyridine rings is 3. The van der Waals surface area contributed by atoms with Gasteiger partial charge in [-0.1, -0.05) is 13.8 Å². The summed E-state index contributed by atoms with van der Waals surface area (Å²) < 4.78 is 3.66. The molecule has 0 bridgehead atoms. The number of aliphatic hydroxyl groups excluding tert-OH is 1. The third kappa shape index (κ3) is 8.15. The number of aromatic nitrogens is 4. The fourth-order valence-corrected chi connectivity index (χ4v) is 12.0. The molecular formula is C53H59N11O7. The van der Waals surface area contributed by atoms with E-state index in [2.05, 4.69) is 55.7 Å². The highest BCUT2D eigenvalue weighted by Gasteiger charge is 2.45. The van der Waals surface area contributed by atoms with Crippen molar-refractivity contribution < 1.29 is 29.1 Å². The van der Waals surface area contributed by atoms with Crippen LogP contribution in [0.5, 0.6) is 0 Å². The van der Waals surface area contributed by atoms with E-state index < -0.39 is 35.8 Å². The number of rotatable bonds is 9. The third-order valence-electron chi connectivity index (χ3n) is 15.5. The first-order valence-corrected chi connectivity index (χ1v) is 24.8. The summed E-state index contributed by atoms with van der Waals surface area (Å²) in [6, 6.07) is 14.4. The highest BCUT2D eigenvalue weighted by atomic mass is 16.3. The highest BCUT2D eigenvalue weighted by Crippen LogP contribution is 2.41. The number of nitrogens with one attached hydrogen (secondary N) is 2. The van der Waals surface area contributed by atoms with Crippen molar-refractivity contribution in [3.63, 3.8) is 0 Å². The van der Waals surface area contributed by atoms with Crippen LogP contribution in [0.1, 0.15) is 108 Å². The van der Waals surface area contributed by atoms with Gasteiger partial charge in [0.1, 0.15) is 29.1 Å². The van der Waals surface area contributed by atoms with Crippen molar-refractivity contribution >= 4 is 58.2 Å². The number of hydrogen-bond acceptors (Lipinski definition) is 13. The molecule has 0 radical (unpaired) electrons. The molecular weight excluding hydrogens is 903 g/mol. The summed E-state index contributed by atoms with van der Waals surface area (Å²) in [7, 11) is 1.69. The maximum absolute atomic E-state index is 14.1. The van der Waals surface area contributed by atoms with Crippen LogP contribution in [0.2, 0.25) is 0 Å². The zero-order valence-electron chi connectivity index (χ0n) is 40.8. The monoisotopic (exact) mass is 961 g/mol. The average molecular weight is 962 g/mol. The van der Waals surface area contributed by atoms with E-state index in [0.29, 0.717) is 64.4 Å². The van der Waals surface area contributed by atoms with Crippen molar-refractivity contribution in [2.45, 2.75) is 97.0 Å². The van der Waals surface area contributed by atoms with Gasteiger partial charge in [0, 0.05) is 106 Å². The quantitative estimate of drug-likeness (QED) is 0.171. The van der Waals surface area contributed by atoms with Crippen LogP contribution in [0.3, 0.4) is 0 Å². The first kappa shape index (κ1) is 46.2. The zero-order chi connectivity index (χ0) is 49.6. The van der Waals surface area contributed by atoms with Gasteiger partial charge in [-0.2, -0.15) is 0 Å². The van der Waals surface area contributed by atoms with E-state index in [9.17, 15) is 33.9 Å². The number of amides is 5. The largest absolute Gasteiger partial charge is 0.389 e. The van der Waals surface area contributed by atoms with Crippen LogP contribution in [0.15, 0.2) is 71.9 Å². The van der Waals surface area contributed by atoms with Crippen molar-refractivity contribution in [1.82, 2.24) is 34.2 Å². The summed E-state index contributed by atoms with van der Waals surface area (Å²) in [6.45, 7) is 13.6. The molecule has 5 amide bonds. The topological polar surface area (TPSA) is 199 Å². The first-order valence-electron chi connectivity index (χ1n) is 24.8. The van der Waals surface area contributed by atoms with Crippen molar-refractivity contribution in [1.29, 1.82) is 0 Å². The highest BCUT2D eigenvalue weighted by molar-refractivity contribution is 6.23. The predicted molar refractivity (Wildman–Crippen MR) is 267 cm³/mol.